The van der Waals surface area contributed by atoms with Crippen molar-refractivity contribution in [3.63, 3.8) is 0 Å². The number of rotatable bonds is 5. The van der Waals surface area contributed by atoms with Gasteiger partial charge in [-0.05, 0) is 0 Å². The van der Waals surface area contributed by atoms with Crippen molar-refractivity contribution in [2.45, 2.75) is 0 Å². The Labute approximate surface area is 66.3 Å². The molecule has 0 heterocycles. The van der Waals surface area contributed by atoms with Crippen LogP contribution in [0.3, 0.4) is 0 Å². The molecule has 0 rings (SSSR count). The highest BCUT2D eigenvalue weighted by atomic mass is 16.5. The molecular formula is C8H12O3. The van der Waals surface area contributed by atoms with Crippen LogP contribution in [0.4, 0.5) is 0 Å². The first-order valence-corrected chi connectivity index (χ1v) is 3.17. The molecule has 0 aromatic carbocycles. The van der Waals surface area contributed by atoms with E-state index in [4.69, 9.17) is 4.74 Å². The molecule has 0 aromatic rings. The number of carbonyl (C=O) groups is 1. The topological polar surface area (TPSA) is 35.5 Å². The van der Waals surface area contributed by atoms with Gasteiger partial charge in [-0.1, -0.05) is 12.7 Å². The minimum absolute atomic E-state index is 0.193. The van der Waals surface area contributed by atoms with Gasteiger partial charge in [0.15, 0.2) is 0 Å². The molecule has 0 saturated carbocycles. The number of hydrogen-bond acceptors (Lipinski definition) is 3. The third-order valence-corrected chi connectivity index (χ3v) is 0.986. The summed E-state index contributed by atoms with van der Waals surface area (Å²) in [4.78, 5) is 10.7. The summed E-state index contributed by atoms with van der Waals surface area (Å²) in [5.41, 5.74) is 0.314. The Bertz CT molecular complexity index is 161. The van der Waals surface area contributed by atoms with Gasteiger partial charge in [0.2, 0.25) is 0 Å². The third kappa shape index (κ3) is 4.33. The van der Waals surface area contributed by atoms with Gasteiger partial charge in [-0.25, -0.2) is 4.79 Å². The molecular weight excluding hydrogens is 144 g/mol. The molecule has 11 heavy (non-hydrogen) atoms. The van der Waals surface area contributed by atoms with Gasteiger partial charge < -0.3 is 9.47 Å². The maximum Gasteiger partial charge on any atom is 0.335 e. The van der Waals surface area contributed by atoms with E-state index in [1.54, 1.807) is 6.08 Å². The van der Waals surface area contributed by atoms with E-state index in [1.807, 2.05) is 0 Å². The Morgan fingerprint density at radius 1 is 1.64 bits per heavy atom. The Hall–Kier alpha value is -1.09. The highest BCUT2D eigenvalue weighted by Crippen LogP contribution is 1.93. The molecule has 0 fully saturated rings. The van der Waals surface area contributed by atoms with Crippen LogP contribution in [-0.2, 0) is 14.3 Å². The molecule has 0 aromatic heterocycles. The third-order valence-electron chi connectivity index (χ3n) is 0.986. The fourth-order valence-electron chi connectivity index (χ4n) is 0.469. The largest absolute Gasteiger partial charge is 0.466 e. The molecule has 3 nitrogen and oxygen atoms in total. The van der Waals surface area contributed by atoms with Crippen molar-refractivity contribution in [3.05, 3.63) is 24.8 Å². The minimum atomic E-state index is -0.436. The zero-order valence-corrected chi connectivity index (χ0v) is 6.63. The van der Waals surface area contributed by atoms with E-state index in [9.17, 15) is 4.79 Å². The molecule has 0 atom stereocenters. The van der Waals surface area contributed by atoms with Crippen molar-refractivity contribution < 1.29 is 14.3 Å². The Morgan fingerprint density at radius 2 is 2.27 bits per heavy atom. The second-order valence-corrected chi connectivity index (χ2v) is 1.90. The van der Waals surface area contributed by atoms with Crippen LogP contribution in [0.15, 0.2) is 24.8 Å². The van der Waals surface area contributed by atoms with Gasteiger partial charge in [0.1, 0.15) is 0 Å². The van der Waals surface area contributed by atoms with E-state index in [0.29, 0.717) is 12.2 Å². The van der Waals surface area contributed by atoms with Crippen LogP contribution in [0.1, 0.15) is 0 Å². The fourth-order valence-corrected chi connectivity index (χ4v) is 0.469. The summed E-state index contributed by atoms with van der Waals surface area (Å²) in [6.45, 7) is 7.52. The summed E-state index contributed by atoms with van der Waals surface area (Å²) < 4.78 is 9.35. The lowest BCUT2D eigenvalue weighted by Crippen LogP contribution is -2.09. The maximum absolute atomic E-state index is 10.7. The van der Waals surface area contributed by atoms with Crippen molar-refractivity contribution in [1.29, 1.82) is 0 Å². The standard InChI is InChI=1S/C8H12O3/c1-4-5-11-6-7(2)8(9)10-3/h4H,1-2,5-6H2,3H3. The van der Waals surface area contributed by atoms with E-state index in [1.165, 1.54) is 7.11 Å². The summed E-state index contributed by atoms with van der Waals surface area (Å²) in [5, 5.41) is 0. The van der Waals surface area contributed by atoms with Gasteiger partial charge >= 0.3 is 5.97 Å². The molecule has 0 aliphatic rings. The average molecular weight is 156 g/mol. The lowest BCUT2D eigenvalue weighted by Gasteiger charge is -2.02. The molecule has 0 spiro atoms. The maximum atomic E-state index is 10.7. The van der Waals surface area contributed by atoms with E-state index < -0.39 is 5.97 Å². The van der Waals surface area contributed by atoms with Crippen LogP contribution in [0.2, 0.25) is 0 Å². The zero-order valence-electron chi connectivity index (χ0n) is 6.63. The fraction of sp³-hybridized carbons (Fsp3) is 0.375. The summed E-state index contributed by atoms with van der Waals surface area (Å²) in [7, 11) is 1.31. The molecule has 0 aliphatic heterocycles. The van der Waals surface area contributed by atoms with Crippen LogP contribution >= 0.6 is 0 Å². The van der Waals surface area contributed by atoms with E-state index in [2.05, 4.69) is 17.9 Å². The summed E-state index contributed by atoms with van der Waals surface area (Å²) in [6.07, 6.45) is 1.60. The molecule has 0 radical (unpaired) electrons. The first kappa shape index (κ1) is 9.91. The molecule has 0 bridgehead atoms. The first-order chi connectivity index (χ1) is 5.22. The summed E-state index contributed by atoms with van der Waals surface area (Å²) in [5.74, 6) is -0.436. The Kier molecular flexibility index (Phi) is 5.11. The minimum Gasteiger partial charge on any atom is -0.466 e. The number of carbonyl (C=O) groups excluding carboxylic acids is 1. The van der Waals surface area contributed by atoms with Crippen LogP contribution < -0.4 is 0 Å². The van der Waals surface area contributed by atoms with Crippen molar-refractivity contribution >= 4 is 5.97 Å². The summed E-state index contributed by atoms with van der Waals surface area (Å²) in [6, 6.07) is 0. The molecule has 62 valence electrons. The van der Waals surface area contributed by atoms with Crippen LogP contribution in [0, 0.1) is 0 Å². The predicted molar refractivity (Wildman–Crippen MR) is 42.2 cm³/mol. The van der Waals surface area contributed by atoms with Gasteiger partial charge in [-0.3, -0.25) is 0 Å². The number of hydrogen-bond donors (Lipinski definition) is 0. The van der Waals surface area contributed by atoms with Crippen molar-refractivity contribution in [3.8, 4) is 0 Å². The zero-order chi connectivity index (χ0) is 8.69. The first-order valence-electron chi connectivity index (χ1n) is 3.17. The second kappa shape index (κ2) is 5.68. The predicted octanol–water partition coefficient (Wildman–Crippen LogP) is 0.918. The molecule has 0 N–H and O–H groups in total. The molecule has 0 saturated heterocycles. The lowest BCUT2D eigenvalue weighted by molar-refractivity contribution is -0.136. The molecule has 0 aliphatic carbocycles. The van der Waals surface area contributed by atoms with Crippen LogP contribution in [0.5, 0.6) is 0 Å². The normalized spacial score (nSPS) is 8.82. The van der Waals surface area contributed by atoms with Crippen LogP contribution in [0.25, 0.3) is 0 Å². The van der Waals surface area contributed by atoms with Gasteiger partial charge in [0, 0.05) is 0 Å². The molecule has 0 unspecified atom stereocenters. The molecule has 3 heteroatoms. The van der Waals surface area contributed by atoms with E-state index in [-0.39, 0.29) is 6.61 Å². The van der Waals surface area contributed by atoms with Gasteiger partial charge in [0.25, 0.3) is 0 Å². The number of ether oxygens (including phenoxy) is 2. The van der Waals surface area contributed by atoms with Gasteiger partial charge in [-0.15, -0.1) is 6.58 Å². The van der Waals surface area contributed by atoms with Gasteiger partial charge in [0.05, 0.1) is 25.9 Å². The Morgan fingerprint density at radius 3 is 2.73 bits per heavy atom. The van der Waals surface area contributed by atoms with E-state index in [0.717, 1.165) is 0 Å². The van der Waals surface area contributed by atoms with Gasteiger partial charge in [-0.2, -0.15) is 0 Å². The molecule has 0 amide bonds. The Balaban J connectivity index is 3.52. The number of methoxy groups -OCH3 is 1. The van der Waals surface area contributed by atoms with E-state index >= 15 is 0 Å². The second-order valence-electron chi connectivity index (χ2n) is 1.90. The highest BCUT2D eigenvalue weighted by Gasteiger charge is 2.04. The average Bonchev–Trinajstić information content (AvgIpc) is 2.03. The smallest absolute Gasteiger partial charge is 0.335 e. The van der Waals surface area contributed by atoms with Crippen molar-refractivity contribution in [1.82, 2.24) is 0 Å². The van der Waals surface area contributed by atoms with Crippen molar-refractivity contribution in [2.75, 3.05) is 20.3 Å². The SMILES string of the molecule is C=CCOCC(=C)C(=O)OC. The highest BCUT2D eigenvalue weighted by molar-refractivity contribution is 5.87. The van der Waals surface area contributed by atoms with Crippen molar-refractivity contribution in [2.24, 2.45) is 0 Å². The lowest BCUT2D eigenvalue weighted by atomic mass is 10.3. The monoisotopic (exact) mass is 156 g/mol. The van der Waals surface area contributed by atoms with Crippen LogP contribution in [-0.4, -0.2) is 26.3 Å². The number of esters is 1. The quantitative estimate of drug-likeness (QED) is 0.257. The summed E-state index contributed by atoms with van der Waals surface area (Å²) >= 11 is 0.